The first-order valence-electron chi connectivity index (χ1n) is 5.40. The summed E-state index contributed by atoms with van der Waals surface area (Å²) >= 11 is 0. The maximum Gasteiger partial charge on any atom is 0.342 e. The molecule has 0 amide bonds. The summed E-state index contributed by atoms with van der Waals surface area (Å²) in [5.74, 6) is 0.0805. The third-order valence-corrected chi connectivity index (χ3v) is 2.94. The summed E-state index contributed by atoms with van der Waals surface area (Å²) in [6.45, 7) is 1.55. The maximum atomic E-state index is 11.5. The number of ether oxygens (including phenoxy) is 1. The molecule has 2 rings (SSSR count). The second-order valence-corrected chi connectivity index (χ2v) is 4.08. The van der Waals surface area contributed by atoms with E-state index in [1.54, 1.807) is 0 Å². The summed E-state index contributed by atoms with van der Waals surface area (Å²) < 4.78 is 5.25. The summed E-state index contributed by atoms with van der Waals surface area (Å²) in [5.41, 5.74) is 4.17. The zero-order valence-electron chi connectivity index (χ0n) is 9.28. The second kappa shape index (κ2) is 4.68. The molecule has 1 aliphatic heterocycles. The fourth-order valence-electron chi connectivity index (χ4n) is 1.83. The van der Waals surface area contributed by atoms with E-state index >= 15 is 0 Å². The van der Waals surface area contributed by atoms with Crippen molar-refractivity contribution >= 4 is 5.82 Å². The third-order valence-electron chi connectivity index (χ3n) is 2.94. The lowest BCUT2D eigenvalue weighted by molar-refractivity contribution is 0.0626. The lowest BCUT2D eigenvalue weighted by Crippen LogP contribution is -2.51. The second-order valence-electron chi connectivity index (χ2n) is 4.08. The van der Waals surface area contributed by atoms with Crippen molar-refractivity contribution in [3.8, 4) is 0 Å². The molecule has 0 aromatic carbocycles. The zero-order chi connectivity index (χ0) is 12.3. The summed E-state index contributed by atoms with van der Waals surface area (Å²) in [5, 5.41) is 8.86. The highest BCUT2D eigenvalue weighted by Crippen LogP contribution is 2.22. The van der Waals surface area contributed by atoms with Crippen LogP contribution in [0, 0.1) is 0 Å². The molecule has 17 heavy (non-hydrogen) atoms. The fourth-order valence-corrected chi connectivity index (χ4v) is 1.83. The summed E-state index contributed by atoms with van der Waals surface area (Å²) in [4.78, 5) is 24.4. The Labute approximate surface area is 96.6 Å². The van der Waals surface area contributed by atoms with Crippen molar-refractivity contribution in [2.75, 3.05) is 25.1 Å². The molecule has 5 N–H and O–H groups in total. The Morgan fingerprint density at radius 1 is 1.41 bits per heavy atom. The van der Waals surface area contributed by atoms with Crippen LogP contribution in [0.2, 0.25) is 0 Å². The molecule has 0 aliphatic carbocycles. The van der Waals surface area contributed by atoms with Crippen molar-refractivity contribution in [3.63, 3.8) is 0 Å². The topological polar surface area (TPSA) is 126 Å². The van der Waals surface area contributed by atoms with E-state index in [0.717, 1.165) is 0 Å². The zero-order valence-corrected chi connectivity index (χ0v) is 9.28. The first kappa shape index (κ1) is 11.8. The highest BCUT2D eigenvalue weighted by Gasteiger charge is 2.32. The highest BCUT2D eigenvalue weighted by molar-refractivity contribution is 5.34. The Morgan fingerprint density at radius 2 is 2.12 bits per heavy atom. The largest absolute Gasteiger partial charge is 0.381 e. The monoisotopic (exact) mass is 241 g/mol. The minimum atomic E-state index is -0.630. The first-order chi connectivity index (χ1) is 8.15. The van der Waals surface area contributed by atoms with E-state index < -0.39 is 16.8 Å². The van der Waals surface area contributed by atoms with E-state index in [0.29, 0.717) is 32.6 Å². The van der Waals surface area contributed by atoms with Gasteiger partial charge in [0.2, 0.25) is 5.82 Å². The Balaban J connectivity index is 2.23. The predicted octanol–water partition coefficient (Wildman–Crippen LogP) is -1.62. The molecule has 1 aliphatic rings. The number of nitrogens with one attached hydrogen (secondary N) is 3. The molecule has 0 radical (unpaired) electrons. The van der Waals surface area contributed by atoms with Crippen LogP contribution in [-0.2, 0) is 4.74 Å². The number of H-pyrrole nitrogens is 2. The van der Waals surface area contributed by atoms with Gasteiger partial charge in [0, 0.05) is 19.8 Å². The van der Waals surface area contributed by atoms with Gasteiger partial charge in [-0.05, 0) is 12.8 Å². The number of nitrogens with two attached hydrogens (primary N) is 1. The van der Waals surface area contributed by atoms with Gasteiger partial charge in [-0.1, -0.05) is 0 Å². The lowest BCUT2D eigenvalue weighted by Gasteiger charge is -2.36. The van der Waals surface area contributed by atoms with Crippen LogP contribution in [0.4, 0.5) is 5.82 Å². The van der Waals surface area contributed by atoms with Crippen molar-refractivity contribution in [1.29, 1.82) is 0 Å². The Morgan fingerprint density at radius 3 is 2.71 bits per heavy atom. The Kier molecular flexibility index (Phi) is 3.25. The van der Waals surface area contributed by atoms with Crippen LogP contribution in [0.1, 0.15) is 12.8 Å². The van der Waals surface area contributed by atoms with Crippen LogP contribution >= 0.6 is 0 Å². The molecule has 1 aromatic heterocycles. The van der Waals surface area contributed by atoms with Crippen molar-refractivity contribution in [3.05, 3.63) is 20.8 Å². The predicted molar refractivity (Wildman–Crippen MR) is 60.9 cm³/mol. The minimum Gasteiger partial charge on any atom is -0.381 e. The SMILES string of the molecule is NCC1(Nc2n[nH]c(=O)[nH]c2=O)CCOCC1. The molecule has 8 nitrogen and oxygen atoms in total. The molecule has 2 heterocycles. The number of rotatable bonds is 3. The lowest BCUT2D eigenvalue weighted by atomic mass is 9.90. The van der Waals surface area contributed by atoms with Gasteiger partial charge in [0.15, 0.2) is 0 Å². The van der Waals surface area contributed by atoms with Gasteiger partial charge in [0.25, 0.3) is 5.56 Å². The molecule has 1 saturated heterocycles. The van der Waals surface area contributed by atoms with E-state index in [1.165, 1.54) is 0 Å². The van der Waals surface area contributed by atoms with Crippen LogP contribution in [0.15, 0.2) is 9.59 Å². The number of hydrogen-bond donors (Lipinski definition) is 4. The van der Waals surface area contributed by atoms with E-state index in [4.69, 9.17) is 10.5 Å². The molecule has 0 saturated carbocycles. The van der Waals surface area contributed by atoms with Gasteiger partial charge in [-0.25, -0.2) is 9.89 Å². The molecule has 1 fully saturated rings. The van der Waals surface area contributed by atoms with E-state index in [-0.39, 0.29) is 5.82 Å². The van der Waals surface area contributed by atoms with Crippen molar-refractivity contribution < 1.29 is 4.74 Å². The van der Waals surface area contributed by atoms with Gasteiger partial charge in [0.1, 0.15) is 0 Å². The highest BCUT2D eigenvalue weighted by atomic mass is 16.5. The quantitative estimate of drug-likeness (QED) is 0.504. The Bertz CT molecular complexity index is 488. The average Bonchev–Trinajstić information content (AvgIpc) is 2.34. The van der Waals surface area contributed by atoms with Gasteiger partial charge < -0.3 is 15.8 Å². The molecular weight excluding hydrogens is 226 g/mol. The van der Waals surface area contributed by atoms with Crippen molar-refractivity contribution in [2.45, 2.75) is 18.4 Å². The van der Waals surface area contributed by atoms with E-state index in [1.807, 2.05) is 0 Å². The minimum absolute atomic E-state index is 0.0805. The average molecular weight is 241 g/mol. The number of aromatic amines is 2. The molecule has 1 aromatic rings. The van der Waals surface area contributed by atoms with Gasteiger partial charge in [-0.2, -0.15) is 0 Å². The van der Waals surface area contributed by atoms with Crippen LogP contribution in [0.25, 0.3) is 0 Å². The van der Waals surface area contributed by atoms with Crippen LogP contribution in [0.5, 0.6) is 0 Å². The van der Waals surface area contributed by atoms with Gasteiger partial charge >= 0.3 is 5.69 Å². The molecular formula is C9H15N5O3. The van der Waals surface area contributed by atoms with Crippen LogP contribution in [0.3, 0.4) is 0 Å². The molecule has 0 spiro atoms. The first-order valence-corrected chi connectivity index (χ1v) is 5.40. The van der Waals surface area contributed by atoms with Crippen LogP contribution < -0.4 is 22.3 Å². The molecule has 0 unspecified atom stereocenters. The van der Waals surface area contributed by atoms with Crippen molar-refractivity contribution in [1.82, 2.24) is 15.2 Å². The van der Waals surface area contributed by atoms with Gasteiger partial charge in [-0.3, -0.25) is 9.78 Å². The number of aromatic nitrogens is 3. The van der Waals surface area contributed by atoms with Crippen molar-refractivity contribution in [2.24, 2.45) is 5.73 Å². The van der Waals surface area contributed by atoms with Crippen LogP contribution in [-0.4, -0.2) is 40.5 Å². The normalized spacial score (nSPS) is 18.9. The molecule has 94 valence electrons. The Hall–Kier alpha value is -1.67. The summed E-state index contributed by atoms with van der Waals surface area (Å²) in [6.07, 6.45) is 1.40. The summed E-state index contributed by atoms with van der Waals surface area (Å²) in [6, 6.07) is 0. The number of nitrogens with zero attached hydrogens (tertiary/aromatic N) is 1. The standard InChI is InChI=1S/C9H15N5O3/c10-5-9(1-3-17-4-2-9)12-6-7(15)11-8(16)14-13-6/h1-5,10H2,(H,12,13)(H2,11,14,15,16). The summed E-state index contributed by atoms with van der Waals surface area (Å²) in [7, 11) is 0. The number of hydrogen-bond acceptors (Lipinski definition) is 6. The van der Waals surface area contributed by atoms with E-state index in [9.17, 15) is 9.59 Å². The van der Waals surface area contributed by atoms with E-state index in [2.05, 4.69) is 20.5 Å². The fraction of sp³-hybridized carbons (Fsp3) is 0.667. The van der Waals surface area contributed by atoms with Gasteiger partial charge in [0.05, 0.1) is 5.54 Å². The molecule has 0 bridgehead atoms. The van der Waals surface area contributed by atoms with Gasteiger partial charge in [-0.15, -0.1) is 5.10 Å². The molecule has 0 atom stereocenters. The number of anilines is 1. The molecule has 8 heteroatoms. The smallest absolute Gasteiger partial charge is 0.342 e. The maximum absolute atomic E-state index is 11.5. The third kappa shape index (κ3) is 2.53.